The number of thiocarbonyl (C=S) groups is 1. The molecule has 3 heterocycles. The molecular formula is C20H18BrN3S2. The van der Waals surface area contributed by atoms with Crippen LogP contribution in [0.3, 0.4) is 0 Å². The average molecular weight is 444 g/mol. The monoisotopic (exact) mass is 443 g/mol. The number of hydrogen-bond donors (Lipinski definition) is 1. The Morgan fingerprint density at radius 1 is 1.15 bits per heavy atom. The lowest BCUT2D eigenvalue weighted by Crippen LogP contribution is -2.29. The van der Waals surface area contributed by atoms with Crippen molar-refractivity contribution in [2.24, 2.45) is 0 Å². The summed E-state index contributed by atoms with van der Waals surface area (Å²) in [6.45, 7) is 4.26. The van der Waals surface area contributed by atoms with E-state index in [1.165, 1.54) is 16.0 Å². The summed E-state index contributed by atoms with van der Waals surface area (Å²) in [6, 6.07) is 14.7. The molecule has 6 heteroatoms. The van der Waals surface area contributed by atoms with Gasteiger partial charge in [0.05, 0.1) is 17.8 Å². The molecule has 1 aliphatic rings. The van der Waals surface area contributed by atoms with Crippen LogP contribution in [0.25, 0.3) is 0 Å². The Bertz CT molecular complexity index is 955. The number of rotatable bonds is 3. The third kappa shape index (κ3) is 3.06. The second-order valence-electron chi connectivity index (χ2n) is 6.40. The maximum atomic E-state index is 5.75. The zero-order chi connectivity index (χ0) is 18.3. The summed E-state index contributed by atoms with van der Waals surface area (Å²) in [4.78, 5) is 8.14. The van der Waals surface area contributed by atoms with E-state index in [2.05, 4.69) is 80.7 Å². The first-order valence-electron chi connectivity index (χ1n) is 8.37. The van der Waals surface area contributed by atoms with E-state index in [1.54, 1.807) is 11.3 Å². The Morgan fingerprint density at radius 2 is 2.00 bits per heavy atom. The Morgan fingerprint density at radius 3 is 2.65 bits per heavy atom. The largest absolute Gasteiger partial charge is 0.351 e. The second kappa shape index (κ2) is 7.10. The fraction of sp³-hybridized carbons (Fsp3) is 0.200. The molecular weight excluding hydrogens is 426 g/mol. The predicted molar refractivity (Wildman–Crippen MR) is 116 cm³/mol. The molecule has 3 nitrogen and oxygen atoms in total. The van der Waals surface area contributed by atoms with Crippen LogP contribution in [0, 0.1) is 13.8 Å². The molecule has 1 saturated heterocycles. The van der Waals surface area contributed by atoms with E-state index >= 15 is 0 Å². The van der Waals surface area contributed by atoms with Gasteiger partial charge in [0.15, 0.2) is 5.11 Å². The predicted octanol–water partition coefficient (Wildman–Crippen LogP) is 5.70. The van der Waals surface area contributed by atoms with Crippen LogP contribution in [0.5, 0.6) is 0 Å². The van der Waals surface area contributed by atoms with E-state index in [0.29, 0.717) is 0 Å². The Labute approximate surface area is 171 Å². The number of aryl methyl sites for hydroxylation is 2. The van der Waals surface area contributed by atoms with Crippen LogP contribution < -0.4 is 10.2 Å². The lowest BCUT2D eigenvalue weighted by atomic mass is 10.0. The van der Waals surface area contributed by atoms with Gasteiger partial charge in [-0.2, -0.15) is 0 Å². The van der Waals surface area contributed by atoms with E-state index in [-0.39, 0.29) is 12.1 Å². The molecule has 0 unspecified atom stereocenters. The summed E-state index contributed by atoms with van der Waals surface area (Å²) in [5, 5.41) is 6.39. The van der Waals surface area contributed by atoms with E-state index in [4.69, 9.17) is 12.2 Å². The first-order chi connectivity index (χ1) is 12.6. The molecule has 4 rings (SSSR count). The maximum absolute atomic E-state index is 5.75. The number of nitrogens with zero attached hydrogens (tertiary/aromatic N) is 2. The Balaban J connectivity index is 1.85. The molecule has 1 aliphatic heterocycles. The van der Waals surface area contributed by atoms with Gasteiger partial charge in [0, 0.05) is 21.2 Å². The topological polar surface area (TPSA) is 28.2 Å². The van der Waals surface area contributed by atoms with Gasteiger partial charge >= 0.3 is 0 Å². The summed E-state index contributed by atoms with van der Waals surface area (Å²) in [7, 11) is 0. The summed E-state index contributed by atoms with van der Waals surface area (Å²) in [5.41, 5.74) is 4.57. The van der Waals surface area contributed by atoms with Crippen LogP contribution in [0.15, 0.2) is 58.5 Å². The van der Waals surface area contributed by atoms with Crippen molar-refractivity contribution >= 4 is 50.3 Å². The van der Waals surface area contributed by atoms with Crippen molar-refractivity contribution in [2.45, 2.75) is 25.9 Å². The first-order valence-corrected chi connectivity index (χ1v) is 10.4. The molecule has 0 radical (unpaired) electrons. The van der Waals surface area contributed by atoms with Gasteiger partial charge < -0.3 is 10.2 Å². The molecule has 1 fully saturated rings. The van der Waals surface area contributed by atoms with Crippen molar-refractivity contribution < 1.29 is 0 Å². The van der Waals surface area contributed by atoms with Crippen molar-refractivity contribution in [3.05, 3.63) is 80.2 Å². The number of halogens is 1. The van der Waals surface area contributed by atoms with Gasteiger partial charge in [0.25, 0.3) is 0 Å². The minimum Gasteiger partial charge on any atom is -0.351 e. The molecule has 2 aromatic heterocycles. The van der Waals surface area contributed by atoms with Crippen LogP contribution in [-0.2, 0) is 0 Å². The molecule has 0 spiro atoms. The lowest BCUT2D eigenvalue weighted by molar-refractivity contribution is 0.573. The highest BCUT2D eigenvalue weighted by Crippen LogP contribution is 2.44. The van der Waals surface area contributed by atoms with Crippen LogP contribution in [0.4, 0.5) is 5.69 Å². The molecule has 1 N–H and O–H groups in total. The number of benzene rings is 1. The number of thiophene rings is 1. The van der Waals surface area contributed by atoms with E-state index in [1.807, 2.05) is 18.3 Å². The van der Waals surface area contributed by atoms with Crippen molar-refractivity contribution in [3.63, 3.8) is 0 Å². The van der Waals surface area contributed by atoms with Gasteiger partial charge in [-0.3, -0.25) is 4.98 Å². The van der Waals surface area contributed by atoms with Gasteiger partial charge in [-0.25, -0.2) is 0 Å². The van der Waals surface area contributed by atoms with E-state index < -0.39 is 0 Å². The number of nitrogens with one attached hydrogen (secondary N) is 1. The van der Waals surface area contributed by atoms with Crippen molar-refractivity contribution in [2.75, 3.05) is 4.90 Å². The van der Waals surface area contributed by atoms with Crippen molar-refractivity contribution in [1.29, 1.82) is 0 Å². The summed E-state index contributed by atoms with van der Waals surface area (Å²) in [6.07, 6.45) is 1.84. The van der Waals surface area contributed by atoms with Gasteiger partial charge in [0.2, 0.25) is 0 Å². The fourth-order valence-corrected chi connectivity index (χ4v) is 5.01. The van der Waals surface area contributed by atoms with Gasteiger partial charge in [-0.15, -0.1) is 11.3 Å². The third-order valence-electron chi connectivity index (χ3n) is 4.69. The van der Waals surface area contributed by atoms with Crippen LogP contribution >= 0.6 is 39.5 Å². The van der Waals surface area contributed by atoms with E-state index in [0.717, 1.165) is 21.0 Å². The molecule has 2 atom stereocenters. The maximum Gasteiger partial charge on any atom is 0.174 e. The van der Waals surface area contributed by atoms with Crippen LogP contribution in [-0.4, -0.2) is 10.1 Å². The third-order valence-corrected chi connectivity index (χ3v) is 6.98. The highest BCUT2D eigenvalue weighted by Gasteiger charge is 2.41. The quantitative estimate of drug-likeness (QED) is 0.525. The molecule has 0 aliphatic carbocycles. The SMILES string of the molecule is Cc1cc(N2C(=S)N[C@H](c3ccccn3)[C@H]2c2sccc2C)ccc1Br. The number of pyridine rings is 1. The number of anilines is 1. The normalized spacial score (nSPS) is 19.7. The smallest absolute Gasteiger partial charge is 0.174 e. The van der Waals surface area contributed by atoms with Crippen LogP contribution in [0.2, 0.25) is 0 Å². The molecule has 132 valence electrons. The zero-order valence-electron chi connectivity index (χ0n) is 14.4. The number of hydrogen-bond acceptors (Lipinski definition) is 3. The Hall–Kier alpha value is -1.76. The molecule has 0 bridgehead atoms. The van der Waals surface area contributed by atoms with Gasteiger partial charge in [-0.1, -0.05) is 22.0 Å². The van der Waals surface area contributed by atoms with Gasteiger partial charge in [0.1, 0.15) is 0 Å². The first kappa shape index (κ1) is 17.6. The van der Waals surface area contributed by atoms with Gasteiger partial charge in [-0.05, 0) is 79.0 Å². The highest BCUT2D eigenvalue weighted by atomic mass is 79.9. The summed E-state index contributed by atoms with van der Waals surface area (Å²) < 4.78 is 1.10. The van der Waals surface area contributed by atoms with Crippen LogP contribution in [0.1, 0.15) is 33.8 Å². The Kier molecular flexibility index (Phi) is 4.82. The van der Waals surface area contributed by atoms with E-state index in [9.17, 15) is 0 Å². The second-order valence-corrected chi connectivity index (χ2v) is 8.59. The molecule has 3 aromatic rings. The van der Waals surface area contributed by atoms with Crippen molar-refractivity contribution in [1.82, 2.24) is 10.3 Å². The summed E-state index contributed by atoms with van der Waals surface area (Å²) in [5.74, 6) is 0. The minimum atomic E-state index is 0.0185. The minimum absolute atomic E-state index is 0.0185. The van der Waals surface area contributed by atoms with Crippen molar-refractivity contribution in [3.8, 4) is 0 Å². The number of aromatic nitrogens is 1. The average Bonchev–Trinajstić information content (AvgIpc) is 3.21. The zero-order valence-corrected chi connectivity index (χ0v) is 17.7. The lowest BCUT2D eigenvalue weighted by Gasteiger charge is -2.28. The molecule has 0 amide bonds. The standard InChI is InChI=1S/C20H18BrN3S2/c1-12-8-10-26-19(12)18-17(16-5-3-4-9-22-16)23-20(25)24(18)14-6-7-15(21)13(2)11-14/h3-11,17-18H,1-2H3,(H,23,25)/t17-,18+/m1/s1. The molecule has 26 heavy (non-hydrogen) atoms. The fourth-order valence-electron chi connectivity index (χ4n) is 3.37. The highest BCUT2D eigenvalue weighted by molar-refractivity contribution is 9.10. The summed E-state index contributed by atoms with van der Waals surface area (Å²) >= 11 is 11.1. The molecule has 0 saturated carbocycles. The molecule has 1 aromatic carbocycles.